The number of nitriles is 1. The van der Waals surface area contributed by atoms with Crippen LogP contribution >= 0.6 is 0 Å². The molecule has 4 heteroatoms. The number of hydrogen-bond donors (Lipinski definition) is 0. The molecule has 2 atom stereocenters. The number of rotatable bonds is 3. The van der Waals surface area contributed by atoms with E-state index in [1.54, 1.807) is 12.1 Å². The molecule has 0 N–H and O–H groups in total. The van der Waals surface area contributed by atoms with E-state index in [1.165, 1.54) is 0 Å². The van der Waals surface area contributed by atoms with Crippen molar-refractivity contribution in [2.24, 2.45) is 5.92 Å². The Morgan fingerprint density at radius 2 is 1.80 bits per heavy atom. The highest BCUT2D eigenvalue weighted by atomic mass is 32.2. The highest BCUT2D eigenvalue weighted by Gasteiger charge is 2.42. The molecular formula is C16H17NO2S. The Morgan fingerprint density at radius 1 is 1.20 bits per heavy atom. The normalized spacial score (nSPS) is 31.8. The average Bonchev–Trinajstić information content (AvgIpc) is 2.68. The van der Waals surface area contributed by atoms with Crippen LogP contribution in [-0.4, -0.2) is 20.5 Å². The molecule has 2 aliphatic rings. The molecule has 2 heterocycles. The third-order valence-electron chi connectivity index (χ3n) is 4.48. The van der Waals surface area contributed by atoms with Crippen LogP contribution in [0.2, 0.25) is 0 Å². The van der Waals surface area contributed by atoms with E-state index < -0.39 is 10.8 Å². The van der Waals surface area contributed by atoms with Crippen LogP contribution in [0, 0.1) is 17.2 Å². The quantitative estimate of drug-likeness (QED) is 0.857. The van der Waals surface area contributed by atoms with Gasteiger partial charge in [-0.05, 0) is 43.4 Å². The van der Waals surface area contributed by atoms with Crippen LogP contribution in [0.25, 0.3) is 0 Å². The molecule has 0 radical (unpaired) electrons. The SMILES string of the molecule is N#Cc1ccc(CC(=O)C2CC3CCC(C2)S3=O)cc1. The van der Waals surface area contributed by atoms with E-state index in [9.17, 15) is 9.00 Å². The first-order valence-electron chi connectivity index (χ1n) is 7.08. The highest BCUT2D eigenvalue weighted by molar-refractivity contribution is 7.86. The number of nitrogens with zero attached hydrogens (tertiary/aromatic N) is 1. The Labute approximate surface area is 121 Å². The predicted molar refractivity (Wildman–Crippen MR) is 77.5 cm³/mol. The summed E-state index contributed by atoms with van der Waals surface area (Å²) in [6, 6.07) is 9.29. The number of carbonyl (C=O) groups is 1. The van der Waals surface area contributed by atoms with Gasteiger partial charge in [-0.3, -0.25) is 9.00 Å². The van der Waals surface area contributed by atoms with E-state index in [4.69, 9.17) is 5.26 Å². The van der Waals surface area contributed by atoms with Gasteiger partial charge in [-0.15, -0.1) is 0 Å². The van der Waals surface area contributed by atoms with Crippen LogP contribution < -0.4 is 0 Å². The van der Waals surface area contributed by atoms with Gasteiger partial charge in [0.05, 0.1) is 11.6 Å². The van der Waals surface area contributed by atoms with E-state index in [0.29, 0.717) is 12.0 Å². The van der Waals surface area contributed by atoms with Crippen molar-refractivity contribution in [1.82, 2.24) is 0 Å². The number of Topliss-reactive ketones (excluding diaryl/α,β-unsaturated/α-hetero) is 1. The van der Waals surface area contributed by atoms with Crippen LogP contribution in [0.3, 0.4) is 0 Å². The van der Waals surface area contributed by atoms with Crippen molar-refractivity contribution in [1.29, 1.82) is 5.26 Å². The van der Waals surface area contributed by atoms with Crippen molar-refractivity contribution < 1.29 is 9.00 Å². The Bertz CT molecular complexity index is 571. The number of fused-ring (bicyclic) bond motifs is 2. The van der Waals surface area contributed by atoms with Gasteiger partial charge in [-0.2, -0.15) is 5.26 Å². The van der Waals surface area contributed by atoms with Gasteiger partial charge >= 0.3 is 0 Å². The summed E-state index contributed by atoms with van der Waals surface area (Å²) in [4.78, 5) is 12.4. The molecule has 1 aromatic rings. The summed E-state index contributed by atoms with van der Waals surface area (Å²) in [5, 5.41) is 9.27. The largest absolute Gasteiger partial charge is 0.299 e. The predicted octanol–water partition coefficient (Wildman–Crippen LogP) is 2.36. The summed E-state index contributed by atoms with van der Waals surface area (Å²) in [6.45, 7) is 0. The van der Waals surface area contributed by atoms with Gasteiger partial charge in [0.2, 0.25) is 0 Å². The van der Waals surface area contributed by atoms with Crippen LogP contribution in [0.1, 0.15) is 36.8 Å². The molecule has 0 aromatic heterocycles. The minimum Gasteiger partial charge on any atom is -0.299 e. The Kier molecular flexibility index (Phi) is 3.71. The number of hydrogen-bond acceptors (Lipinski definition) is 3. The third-order valence-corrected chi connectivity index (χ3v) is 6.65. The number of ketones is 1. The van der Waals surface area contributed by atoms with Crippen LogP contribution in [0.4, 0.5) is 0 Å². The summed E-state index contributed by atoms with van der Waals surface area (Å²) in [7, 11) is -0.695. The number of benzene rings is 1. The van der Waals surface area contributed by atoms with Crippen molar-refractivity contribution in [3.05, 3.63) is 35.4 Å². The van der Waals surface area contributed by atoms with Gasteiger partial charge in [0, 0.05) is 33.6 Å². The van der Waals surface area contributed by atoms with Gasteiger partial charge in [0.25, 0.3) is 0 Å². The summed E-state index contributed by atoms with van der Waals surface area (Å²) >= 11 is 0. The summed E-state index contributed by atoms with van der Waals surface area (Å²) in [6.07, 6.45) is 4.09. The highest BCUT2D eigenvalue weighted by Crippen LogP contribution is 2.39. The summed E-state index contributed by atoms with van der Waals surface area (Å²) in [5.41, 5.74) is 1.58. The molecule has 2 bridgehead atoms. The van der Waals surface area contributed by atoms with E-state index in [2.05, 4.69) is 6.07 Å². The minimum absolute atomic E-state index is 0.0841. The molecule has 2 fully saturated rings. The van der Waals surface area contributed by atoms with Gasteiger partial charge in [0.1, 0.15) is 5.78 Å². The molecule has 2 saturated heterocycles. The van der Waals surface area contributed by atoms with Gasteiger partial charge in [-0.25, -0.2) is 0 Å². The lowest BCUT2D eigenvalue weighted by molar-refractivity contribution is -0.122. The van der Waals surface area contributed by atoms with Crippen LogP contribution in [0.15, 0.2) is 24.3 Å². The molecule has 2 aliphatic heterocycles. The molecule has 3 nitrogen and oxygen atoms in total. The van der Waals surface area contributed by atoms with E-state index in [0.717, 1.165) is 31.2 Å². The van der Waals surface area contributed by atoms with E-state index >= 15 is 0 Å². The summed E-state index contributed by atoms with van der Waals surface area (Å²) in [5.74, 6) is 0.351. The second-order valence-corrected chi connectivity index (χ2v) is 7.76. The topological polar surface area (TPSA) is 57.9 Å². The number of carbonyl (C=O) groups excluding carboxylic acids is 1. The monoisotopic (exact) mass is 287 g/mol. The first-order chi connectivity index (χ1) is 9.67. The lowest BCUT2D eigenvalue weighted by Gasteiger charge is -2.26. The smallest absolute Gasteiger partial charge is 0.140 e. The maximum atomic E-state index is 12.4. The summed E-state index contributed by atoms with van der Waals surface area (Å²) < 4.78 is 12.0. The van der Waals surface area contributed by atoms with Crippen LogP contribution in [0.5, 0.6) is 0 Å². The molecule has 1 aromatic carbocycles. The van der Waals surface area contributed by atoms with Crippen molar-refractivity contribution >= 4 is 16.6 Å². The lowest BCUT2D eigenvalue weighted by atomic mass is 9.90. The van der Waals surface area contributed by atoms with Crippen LogP contribution in [-0.2, 0) is 22.0 Å². The van der Waals surface area contributed by atoms with Gasteiger partial charge < -0.3 is 0 Å². The van der Waals surface area contributed by atoms with Crippen molar-refractivity contribution in [2.45, 2.75) is 42.6 Å². The fourth-order valence-electron chi connectivity index (χ4n) is 3.34. The second kappa shape index (κ2) is 5.49. The molecule has 0 spiro atoms. The molecule has 0 amide bonds. The van der Waals surface area contributed by atoms with Crippen molar-refractivity contribution in [3.8, 4) is 6.07 Å². The zero-order chi connectivity index (χ0) is 14.1. The van der Waals surface area contributed by atoms with Crippen molar-refractivity contribution in [2.75, 3.05) is 0 Å². The molecule has 2 unspecified atom stereocenters. The Hall–Kier alpha value is -1.47. The maximum Gasteiger partial charge on any atom is 0.140 e. The fourth-order valence-corrected chi connectivity index (χ4v) is 5.46. The van der Waals surface area contributed by atoms with E-state index in [1.807, 2.05) is 12.1 Å². The first kappa shape index (κ1) is 13.5. The third kappa shape index (κ3) is 2.55. The zero-order valence-corrected chi connectivity index (χ0v) is 12.1. The first-order valence-corrected chi connectivity index (χ1v) is 8.36. The Morgan fingerprint density at radius 3 is 2.35 bits per heavy atom. The zero-order valence-electron chi connectivity index (χ0n) is 11.2. The molecule has 20 heavy (non-hydrogen) atoms. The second-order valence-electron chi connectivity index (χ2n) is 5.77. The van der Waals surface area contributed by atoms with Crippen molar-refractivity contribution in [3.63, 3.8) is 0 Å². The maximum absolute atomic E-state index is 12.4. The minimum atomic E-state index is -0.695. The standard InChI is InChI=1S/C16H17NO2S/c17-10-12-3-1-11(2-4-12)7-16(18)13-8-14-5-6-15(9-13)20(14)19/h1-4,13-15H,5-9H2. The van der Waals surface area contributed by atoms with E-state index in [-0.39, 0.29) is 22.2 Å². The molecule has 104 valence electrons. The lowest BCUT2D eigenvalue weighted by Crippen LogP contribution is -2.32. The Balaban J connectivity index is 1.65. The molecule has 3 rings (SSSR count). The molecule has 0 saturated carbocycles. The van der Waals surface area contributed by atoms with Gasteiger partial charge in [0.15, 0.2) is 0 Å². The van der Waals surface area contributed by atoms with Gasteiger partial charge in [-0.1, -0.05) is 12.1 Å². The average molecular weight is 287 g/mol. The molecular weight excluding hydrogens is 270 g/mol. The molecule has 0 aliphatic carbocycles. The fraction of sp³-hybridized carbons (Fsp3) is 0.500.